The highest BCUT2D eigenvalue weighted by Crippen LogP contribution is 2.06. The van der Waals surface area contributed by atoms with E-state index in [4.69, 9.17) is 14.7 Å². The lowest BCUT2D eigenvalue weighted by atomic mass is 10.2. The molecule has 17 heavy (non-hydrogen) atoms. The van der Waals surface area contributed by atoms with Gasteiger partial charge in [-0.2, -0.15) is 5.06 Å². The number of likely N-dealkylation sites (N-methyl/N-ethyl adjacent to an activating group) is 1. The van der Waals surface area contributed by atoms with Crippen molar-refractivity contribution in [2.45, 2.75) is 32.4 Å². The molecule has 0 radical (unpaired) electrons. The van der Waals surface area contributed by atoms with Crippen molar-refractivity contribution in [3.8, 4) is 0 Å². The van der Waals surface area contributed by atoms with Gasteiger partial charge in [-0.3, -0.25) is 10.1 Å². The maximum atomic E-state index is 11.6. The fourth-order valence-electron chi connectivity index (χ4n) is 0.978. The smallest absolute Gasteiger partial charge is 0.414 e. The van der Waals surface area contributed by atoms with Crippen molar-refractivity contribution in [3.05, 3.63) is 0 Å². The molecule has 0 aliphatic rings. The van der Waals surface area contributed by atoms with Crippen LogP contribution in [0.5, 0.6) is 0 Å². The molecule has 1 atom stereocenters. The first-order chi connectivity index (χ1) is 7.71. The third-order valence-corrected chi connectivity index (χ3v) is 1.83. The van der Waals surface area contributed by atoms with Crippen LogP contribution >= 0.6 is 0 Å². The van der Waals surface area contributed by atoms with Crippen molar-refractivity contribution in [1.29, 1.82) is 0 Å². The molecule has 7 nitrogen and oxygen atoms in total. The van der Waals surface area contributed by atoms with Gasteiger partial charge in [0.2, 0.25) is 0 Å². The first-order valence-corrected chi connectivity index (χ1v) is 5.13. The zero-order valence-corrected chi connectivity index (χ0v) is 10.8. The lowest BCUT2D eigenvalue weighted by molar-refractivity contribution is -0.166. The lowest BCUT2D eigenvalue weighted by Gasteiger charge is -2.24. The van der Waals surface area contributed by atoms with Crippen molar-refractivity contribution in [2.24, 2.45) is 0 Å². The molecule has 0 rings (SSSR count). The summed E-state index contributed by atoms with van der Waals surface area (Å²) in [5, 5.41) is 12.2. The molecule has 7 heteroatoms. The van der Waals surface area contributed by atoms with Crippen molar-refractivity contribution in [3.63, 3.8) is 0 Å². The molecule has 0 saturated heterocycles. The number of carbonyl (C=O) groups is 2. The molecular weight excluding hydrogens is 228 g/mol. The molecule has 0 aromatic carbocycles. The van der Waals surface area contributed by atoms with Crippen molar-refractivity contribution in [1.82, 2.24) is 10.4 Å². The predicted octanol–water partition coefficient (Wildman–Crippen LogP) is -0.108. The summed E-state index contributed by atoms with van der Waals surface area (Å²) in [4.78, 5) is 27.6. The molecule has 0 aliphatic carbocycles. The zero-order chi connectivity index (χ0) is 13.6. The summed E-state index contributed by atoms with van der Waals surface area (Å²) in [6, 6.07) is -0.965. The Labute approximate surface area is 101 Å². The number of alkyl carbamates (subject to hydrolysis) is 1. The third-order valence-electron chi connectivity index (χ3n) is 1.83. The van der Waals surface area contributed by atoms with Gasteiger partial charge in [0.05, 0.1) is 13.7 Å². The highest BCUT2D eigenvalue weighted by Gasteiger charge is 2.26. The summed E-state index contributed by atoms with van der Waals surface area (Å²) in [5.74, 6) is -0.689. The number of rotatable bonds is 4. The minimum atomic E-state index is -0.965. The molecule has 2 amide bonds. The summed E-state index contributed by atoms with van der Waals surface area (Å²) in [5.41, 5.74) is -0.688. The average Bonchev–Trinajstić information content (AvgIpc) is 2.15. The largest absolute Gasteiger partial charge is 0.444 e. The molecule has 0 spiro atoms. The van der Waals surface area contributed by atoms with Crippen LogP contribution in [0.1, 0.15) is 20.8 Å². The average molecular weight is 248 g/mol. The van der Waals surface area contributed by atoms with Crippen LogP contribution in [0.15, 0.2) is 0 Å². The fraction of sp³-hybridized carbons (Fsp3) is 0.800. The number of ether oxygens (including phenoxy) is 1. The molecule has 0 unspecified atom stereocenters. The number of aliphatic hydroxyl groups is 1. The van der Waals surface area contributed by atoms with Gasteiger partial charge in [0.25, 0.3) is 5.91 Å². The second-order valence-corrected chi connectivity index (χ2v) is 4.42. The molecule has 0 fully saturated rings. The molecule has 0 bridgehead atoms. The van der Waals surface area contributed by atoms with Crippen molar-refractivity contribution in [2.75, 3.05) is 20.8 Å². The van der Waals surface area contributed by atoms with Gasteiger partial charge in [0.1, 0.15) is 11.6 Å². The Hall–Kier alpha value is -1.18. The van der Waals surface area contributed by atoms with Gasteiger partial charge in [0.15, 0.2) is 0 Å². The zero-order valence-electron chi connectivity index (χ0n) is 10.8. The Kier molecular flexibility index (Phi) is 6.08. The van der Waals surface area contributed by atoms with E-state index in [-0.39, 0.29) is 0 Å². The van der Waals surface area contributed by atoms with Crippen molar-refractivity contribution >= 4 is 12.0 Å². The molecule has 0 heterocycles. The Morgan fingerprint density at radius 2 is 1.94 bits per heavy atom. The quantitative estimate of drug-likeness (QED) is 0.675. The minimum Gasteiger partial charge on any atom is -0.444 e. The Morgan fingerprint density at radius 1 is 1.41 bits per heavy atom. The maximum Gasteiger partial charge on any atom is 0.414 e. The minimum absolute atomic E-state index is 0.473. The maximum absolute atomic E-state index is 11.6. The monoisotopic (exact) mass is 248 g/mol. The molecule has 0 saturated carbocycles. The second-order valence-electron chi connectivity index (χ2n) is 4.42. The van der Waals surface area contributed by atoms with E-state index < -0.39 is 30.3 Å². The van der Waals surface area contributed by atoms with E-state index in [9.17, 15) is 9.59 Å². The van der Waals surface area contributed by atoms with Crippen LogP contribution in [-0.4, -0.2) is 54.6 Å². The topological polar surface area (TPSA) is 88.1 Å². The van der Waals surface area contributed by atoms with Gasteiger partial charge in [-0.15, -0.1) is 0 Å². The van der Waals surface area contributed by atoms with E-state index in [2.05, 4.69) is 0 Å². The first kappa shape index (κ1) is 15.8. The number of amides is 2. The lowest BCUT2D eigenvalue weighted by Crippen LogP contribution is -2.49. The Morgan fingerprint density at radius 3 is 2.29 bits per heavy atom. The fourth-order valence-corrected chi connectivity index (χ4v) is 0.978. The van der Waals surface area contributed by atoms with Crippen molar-refractivity contribution < 1.29 is 24.3 Å². The van der Waals surface area contributed by atoms with Crippen LogP contribution in [0.2, 0.25) is 0 Å². The predicted molar refractivity (Wildman–Crippen MR) is 60.0 cm³/mol. The van der Waals surface area contributed by atoms with Crippen LogP contribution in [0.4, 0.5) is 4.79 Å². The van der Waals surface area contributed by atoms with Gasteiger partial charge in [-0.05, 0) is 20.8 Å². The van der Waals surface area contributed by atoms with Crippen LogP contribution in [0, 0.1) is 0 Å². The summed E-state index contributed by atoms with van der Waals surface area (Å²) >= 11 is 0. The second kappa shape index (κ2) is 6.53. The summed E-state index contributed by atoms with van der Waals surface area (Å²) < 4.78 is 4.90. The SMILES string of the molecule is CON(C)[C@H](CO)C(=O)NC(=O)OC(C)(C)C. The summed E-state index contributed by atoms with van der Waals surface area (Å²) in [6.07, 6.45) is -0.856. The standard InChI is InChI=1S/C10H20N2O5/c1-10(2,3)17-9(15)11-8(14)7(6-13)12(4)16-5/h7,13H,6H2,1-5H3,(H,11,14,15)/t7-/m1/s1. The molecular formula is C10H20N2O5. The number of aliphatic hydroxyl groups excluding tert-OH is 1. The van der Waals surface area contributed by atoms with E-state index in [0.717, 1.165) is 5.06 Å². The number of hydrogen-bond donors (Lipinski definition) is 2. The van der Waals surface area contributed by atoms with Gasteiger partial charge >= 0.3 is 6.09 Å². The number of carbonyl (C=O) groups excluding carboxylic acids is 2. The van der Waals surface area contributed by atoms with Gasteiger partial charge in [-0.25, -0.2) is 4.79 Å². The highest BCUT2D eigenvalue weighted by atomic mass is 16.7. The molecule has 0 aliphatic heterocycles. The van der Waals surface area contributed by atoms with E-state index in [1.54, 1.807) is 20.8 Å². The first-order valence-electron chi connectivity index (χ1n) is 5.13. The number of nitrogens with one attached hydrogen (secondary N) is 1. The van der Waals surface area contributed by atoms with E-state index in [0.29, 0.717) is 0 Å². The molecule has 2 N–H and O–H groups in total. The van der Waals surface area contributed by atoms with Crippen LogP contribution in [0.3, 0.4) is 0 Å². The Balaban J connectivity index is 4.37. The summed E-state index contributed by atoms with van der Waals surface area (Å²) in [6.45, 7) is 4.57. The highest BCUT2D eigenvalue weighted by molar-refractivity contribution is 5.94. The number of hydrogen-bond acceptors (Lipinski definition) is 6. The van der Waals surface area contributed by atoms with Gasteiger partial charge in [0, 0.05) is 7.05 Å². The molecule has 0 aromatic heterocycles. The number of nitrogens with zero attached hydrogens (tertiary/aromatic N) is 1. The van der Waals surface area contributed by atoms with Crippen LogP contribution in [0.25, 0.3) is 0 Å². The number of hydroxylamine groups is 2. The number of imide groups is 1. The molecule has 0 aromatic rings. The van der Waals surface area contributed by atoms with Gasteiger partial charge in [-0.1, -0.05) is 0 Å². The molecule has 100 valence electrons. The van der Waals surface area contributed by atoms with E-state index in [1.807, 2.05) is 5.32 Å². The van der Waals surface area contributed by atoms with E-state index >= 15 is 0 Å². The normalized spacial score (nSPS) is 13.4. The Bertz CT molecular complexity index is 274. The van der Waals surface area contributed by atoms with E-state index in [1.165, 1.54) is 14.2 Å². The third kappa shape index (κ3) is 6.20. The van der Waals surface area contributed by atoms with Crippen LogP contribution < -0.4 is 5.32 Å². The van der Waals surface area contributed by atoms with Gasteiger partial charge < -0.3 is 14.7 Å². The van der Waals surface area contributed by atoms with Crippen LogP contribution in [-0.2, 0) is 14.4 Å². The summed E-state index contributed by atoms with van der Waals surface area (Å²) in [7, 11) is 2.82.